The highest BCUT2D eigenvalue weighted by atomic mass is 16.6. The van der Waals surface area contributed by atoms with Crippen molar-refractivity contribution in [3.63, 3.8) is 0 Å². The first kappa shape index (κ1) is 8.25. The maximum atomic E-state index is 10.5. The van der Waals surface area contributed by atoms with Crippen molar-refractivity contribution in [3.05, 3.63) is 28.1 Å². The molecule has 1 aromatic heterocycles. The summed E-state index contributed by atoms with van der Waals surface area (Å²) in [5, 5.41) is 18.8. The second-order valence-electron chi connectivity index (χ2n) is 2.22. The first-order chi connectivity index (χ1) is 5.54. The second kappa shape index (κ2) is 2.65. The molecule has 0 aliphatic carbocycles. The van der Waals surface area contributed by atoms with Crippen molar-refractivity contribution in [2.75, 3.05) is 0 Å². The summed E-state index contributed by atoms with van der Waals surface area (Å²) in [4.78, 5) is 20.0. The molecule has 0 saturated carbocycles. The minimum atomic E-state index is -1.30. The minimum Gasteiger partial charge on any atom is -0.476 e. The Morgan fingerprint density at radius 1 is 1.75 bits per heavy atom. The standard InChI is InChI=1S/C6H6N2O4/c1-7-3-2-4(8(11)12)5(7)6(9)10/h2-3H,1H3,(H,9,10). The van der Waals surface area contributed by atoms with Crippen LogP contribution < -0.4 is 0 Å². The monoisotopic (exact) mass is 170 g/mol. The number of aryl methyl sites for hydroxylation is 1. The van der Waals surface area contributed by atoms with Crippen molar-refractivity contribution < 1.29 is 14.8 Å². The van der Waals surface area contributed by atoms with E-state index in [2.05, 4.69) is 0 Å². The van der Waals surface area contributed by atoms with Crippen LogP contribution in [0.2, 0.25) is 0 Å². The molecule has 1 rings (SSSR count). The highest BCUT2D eigenvalue weighted by Crippen LogP contribution is 2.18. The molecule has 0 bridgehead atoms. The van der Waals surface area contributed by atoms with Crippen molar-refractivity contribution >= 4 is 11.7 Å². The number of hydrogen-bond acceptors (Lipinski definition) is 3. The minimum absolute atomic E-state index is 0.306. The molecule has 0 radical (unpaired) electrons. The third kappa shape index (κ3) is 1.14. The Balaban J connectivity index is 3.31. The maximum Gasteiger partial charge on any atom is 0.359 e. The molecular formula is C6H6N2O4. The average Bonchev–Trinajstić information content (AvgIpc) is 2.30. The van der Waals surface area contributed by atoms with E-state index in [9.17, 15) is 14.9 Å². The predicted octanol–water partition coefficient (Wildman–Crippen LogP) is 0.631. The number of carboxylic acids is 1. The van der Waals surface area contributed by atoms with E-state index in [0.717, 1.165) is 6.07 Å². The van der Waals surface area contributed by atoms with E-state index in [1.165, 1.54) is 17.8 Å². The average molecular weight is 170 g/mol. The first-order valence-electron chi connectivity index (χ1n) is 3.07. The van der Waals surface area contributed by atoms with E-state index < -0.39 is 10.9 Å². The molecule has 0 unspecified atom stereocenters. The number of hydrogen-bond donors (Lipinski definition) is 1. The SMILES string of the molecule is Cn1ccc([N+](=O)[O-])c1C(=O)O. The number of nitrogens with zero attached hydrogens (tertiary/aromatic N) is 2. The summed E-state index contributed by atoms with van der Waals surface area (Å²) in [5.41, 5.74) is -0.690. The van der Waals surface area contributed by atoms with Crippen LogP contribution in [0, 0.1) is 10.1 Å². The quantitative estimate of drug-likeness (QED) is 0.521. The van der Waals surface area contributed by atoms with Crippen molar-refractivity contribution in [3.8, 4) is 0 Å². The first-order valence-corrected chi connectivity index (χ1v) is 3.07. The van der Waals surface area contributed by atoms with Gasteiger partial charge in [0.2, 0.25) is 5.69 Å². The smallest absolute Gasteiger partial charge is 0.359 e. The van der Waals surface area contributed by atoms with Crippen molar-refractivity contribution in [2.24, 2.45) is 7.05 Å². The number of rotatable bonds is 2. The zero-order valence-electron chi connectivity index (χ0n) is 6.22. The maximum absolute atomic E-state index is 10.5. The molecule has 0 fully saturated rings. The molecule has 6 heteroatoms. The Labute approximate surface area is 67.2 Å². The van der Waals surface area contributed by atoms with Crippen LogP contribution in [0.25, 0.3) is 0 Å². The van der Waals surface area contributed by atoms with Crippen LogP contribution in [-0.2, 0) is 7.05 Å². The molecule has 1 N–H and O–H groups in total. The van der Waals surface area contributed by atoms with Crippen LogP contribution in [0.15, 0.2) is 12.3 Å². The van der Waals surface area contributed by atoms with Gasteiger partial charge >= 0.3 is 11.7 Å². The van der Waals surface area contributed by atoms with E-state index in [4.69, 9.17) is 5.11 Å². The van der Waals surface area contributed by atoms with Gasteiger partial charge in [-0.1, -0.05) is 0 Å². The van der Waals surface area contributed by atoms with Gasteiger partial charge in [-0.25, -0.2) is 4.79 Å². The van der Waals surface area contributed by atoms with Gasteiger partial charge in [-0.15, -0.1) is 0 Å². The molecule has 12 heavy (non-hydrogen) atoms. The van der Waals surface area contributed by atoms with Crippen LogP contribution in [0.1, 0.15) is 10.5 Å². The van der Waals surface area contributed by atoms with Gasteiger partial charge in [0.15, 0.2) is 0 Å². The molecule has 64 valence electrons. The lowest BCUT2D eigenvalue weighted by Gasteiger charge is -1.94. The Morgan fingerprint density at radius 3 is 2.67 bits per heavy atom. The number of carbonyl (C=O) groups is 1. The van der Waals surface area contributed by atoms with Crippen LogP contribution in [0.5, 0.6) is 0 Å². The van der Waals surface area contributed by atoms with Crippen LogP contribution >= 0.6 is 0 Å². The Bertz CT molecular complexity index is 341. The molecule has 0 aliphatic heterocycles. The summed E-state index contributed by atoms with van der Waals surface area (Å²) < 4.78 is 1.19. The summed E-state index contributed by atoms with van der Waals surface area (Å²) in [6.45, 7) is 0. The van der Waals surface area contributed by atoms with Crippen LogP contribution in [-0.4, -0.2) is 20.6 Å². The Kier molecular flexibility index (Phi) is 1.82. The van der Waals surface area contributed by atoms with E-state index in [0.29, 0.717) is 0 Å². The van der Waals surface area contributed by atoms with Crippen LogP contribution in [0.4, 0.5) is 5.69 Å². The zero-order chi connectivity index (χ0) is 9.30. The summed E-state index contributed by atoms with van der Waals surface area (Å²) in [5.74, 6) is -1.30. The van der Waals surface area contributed by atoms with Gasteiger partial charge in [-0.2, -0.15) is 0 Å². The van der Waals surface area contributed by atoms with E-state index in [1.54, 1.807) is 0 Å². The van der Waals surface area contributed by atoms with E-state index >= 15 is 0 Å². The van der Waals surface area contributed by atoms with Gasteiger partial charge in [-0.3, -0.25) is 10.1 Å². The second-order valence-corrected chi connectivity index (χ2v) is 2.22. The van der Waals surface area contributed by atoms with Gasteiger partial charge in [0.25, 0.3) is 0 Å². The zero-order valence-corrected chi connectivity index (χ0v) is 6.22. The largest absolute Gasteiger partial charge is 0.476 e. The van der Waals surface area contributed by atoms with Gasteiger partial charge < -0.3 is 9.67 Å². The van der Waals surface area contributed by atoms with Gasteiger partial charge in [-0.05, 0) is 0 Å². The van der Waals surface area contributed by atoms with Crippen molar-refractivity contribution in [1.82, 2.24) is 4.57 Å². The third-order valence-electron chi connectivity index (χ3n) is 1.45. The lowest BCUT2D eigenvalue weighted by atomic mass is 10.4. The van der Waals surface area contributed by atoms with E-state index in [-0.39, 0.29) is 11.4 Å². The number of carboxylic acid groups (broad SMARTS) is 1. The Hall–Kier alpha value is -1.85. The summed E-state index contributed by atoms with van der Waals surface area (Å²) in [6, 6.07) is 1.16. The number of nitro groups is 1. The molecule has 0 spiro atoms. The summed E-state index contributed by atoms with van der Waals surface area (Å²) in [7, 11) is 1.44. The molecule has 0 amide bonds. The molecular weight excluding hydrogens is 164 g/mol. The van der Waals surface area contributed by atoms with Gasteiger partial charge in [0.1, 0.15) is 0 Å². The van der Waals surface area contributed by atoms with Crippen LogP contribution in [0.3, 0.4) is 0 Å². The predicted molar refractivity (Wildman–Crippen MR) is 39.0 cm³/mol. The molecule has 1 heterocycles. The lowest BCUT2D eigenvalue weighted by molar-refractivity contribution is -0.385. The third-order valence-corrected chi connectivity index (χ3v) is 1.45. The topological polar surface area (TPSA) is 85.4 Å². The molecule has 0 atom stereocenters. The molecule has 6 nitrogen and oxygen atoms in total. The van der Waals surface area contributed by atoms with Gasteiger partial charge in [0, 0.05) is 19.3 Å². The number of aromatic nitrogens is 1. The lowest BCUT2D eigenvalue weighted by Crippen LogP contribution is -2.06. The molecule has 0 aromatic carbocycles. The molecule has 0 saturated heterocycles. The molecule has 0 aliphatic rings. The van der Waals surface area contributed by atoms with Crippen molar-refractivity contribution in [2.45, 2.75) is 0 Å². The fourth-order valence-electron chi connectivity index (χ4n) is 0.924. The highest BCUT2D eigenvalue weighted by molar-refractivity contribution is 5.90. The van der Waals surface area contributed by atoms with E-state index in [1.807, 2.05) is 0 Å². The van der Waals surface area contributed by atoms with Gasteiger partial charge in [0.05, 0.1) is 4.92 Å². The highest BCUT2D eigenvalue weighted by Gasteiger charge is 2.22. The normalized spacial score (nSPS) is 9.75. The summed E-state index contributed by atoms with van der Waals surface area (Å²) >= 11 is 0. The summed E-state index contributed by atoms with van der Waals surface area (Å²) in [6.07, 6.45) is 1.33. The van der Waals surface area contributed by atoms with Crippen molar-refractivity contribution in [1.29, 1.82) is 0 Å². The molecule has 1 aromatic rings. The fourth-order valence-corrected chi connectivity index (χ4v) is 0.924. The Morgan fingerprint density at radius 2 is 2.33 bits per heavy atom. The fraction of sp³-hybridized carbons (Fsp3) is 0.167. The number of aromatic carboxylic acids is 1.